The third-order valence-corrected chi connectivity index (χ3v) is 2.68. The largest absolute Gasteiger partial charge is 0.493 e. The third kappa shape index (κ3) is 5.24. The van der Waals surface area contributed by atoms with Gasteiger partial charge in [-0.1, -0.05) is 29.3 Å². The maximum absolute atomic E-state index is 10.5. The standard InChI is InChI=1S/C13H12Cl2O4/c1-18-11-4-2-9(3-5-13(16)17)6-12(11)19-8-10(15)7-14/h2-7H,8H2,1H3,(H,16,17). The maximum atomic E-state index is 10.5. The number of halogens is 2. The van der Waals surface area contributed by atoms with Crippen LogP contribution in [0.1, 0.15) is 5.56 Å². The molecule has 0 aliphatic heterocycles. The van der Waals surface area contributed by atoms with Crippen molar-refractivity contribution in [2.45, 2.75) is 0 Å². The summed E-state index contributed by atoms with van der Waals surface area (Å²) in [6.07, 6.45) is 2.49. The molecule has 0 radical (unpaired) electrons. The van der Waals surface area contributed by atoms with Crippen LogP contribution in [0.3, 0.4) is 0 Å². The number of hydrogen-bond donors (Lipinski definition) is 1. The van der Waals surface area contributed by atoms with Crippen LogP contribution in [0.25, 0.3) is 6.08 Å². The van der Waals surface area contributed by atoms with Crippen LogP contribution in [0.5, 0.6) is 11.5 Å². The Morgan fingerprint density at radius 3 is 2.74 bits per heavy atom. The highest BCUT2D eigenvalue weighted by atomic mass is 35.5. The summed E-state index contributed by atoms with van der Waals surface area (Å²) in [7, 11) is 1.51. The monoisotopic (exact) mass is 302 g/mol. The van der Waals surface area contributed by atoms with Crippen LogP contribution >= 0.6 is 23.2 Å². The number of carboxylic acids is 1. The Kier molecular flexibility index (Phi) is 6.25. The molecule has 0 aliphatic rings. The second kappa shape index (κ2) is 7.71. The Morgan fingerprint density at radius 1 is 1.42 bits per heavy atom. The average Bonchev–Trinajstić information content (AvgIpc) is 2.42. The number of hydrogen-bond acceptors (Lipinski definition) is 3. The zero-order valence-electron chi connectivity index (χ0n) is 10.1. The summed E-state index contributed by atoms with van der Waals surface area (Å²) >= 11 is 11.2. The molecule has 0 fully saturated rings. The van der Waals surface area contributed by atoms with Crippen molar-refractivity contribution in [1.82, 2.24) is 0 Å². The second-order valence-corrected chi connectivity index (χ2v) is 4.13. The Labute approximate surface area is 120 Å². The van der Waals surface area contributed by atoms with Gasteiger partial charge in [0.15, 0.2) is 11.5 Å². The Bertz CT molecular complexity index is 509. The quantitative estimate of drug-likeness (QED) is 0.817. The Morgan fingerprint density at radius 2 is 2.16 bits per heavy atom. The van der Waals surface area contributed by atoms with Crippen molar-refractivity contribution in [3.8, 4) is 11.5 Å². The molecule has 0 saturated carbocycles. The van der Waals surface area contributed by atoms with E-state index in [0.29, 0.717) is 22.1 Å². The molecular weight excluding hydrogens is 291 g/mol. The lowest BCUT2D eigenvalue weighted by Crippen LogP contribution is -1.99. The van der Waals surface area contributed by atoms with E-state index in [4.69, 9.17) is 37.8 Å². The van der Waals surface area contributed by atoms with Crippen molar-refractivity contribution in [3.63, 3.8) is 0 Å². The highest BCUT2D eigenvalue weighted by Gasteiger charge is 2.05. The lowest BCUT2D eigenvalue weighted by molar-refractivity contribution is -0.131. The number of methoxy groups -OCH3 is 1. The number of aliphatic carboxylic acids is 1. The maximum Gasteiger partial charge on any atom is 0.328 e. The van der Waals surface area contributed by atoms with Crippen LogP contribution in [0.2, 0.25) is 0 Å². The van der Waals surface area contributed by atoms with Gasteiger partial charge in [0.1, 0.15) is 6.61 Å². The van der Waals surface area contributed by atoms with Crippen LogP contribution in [0.15, 0.2) is 34.8 Å². The molecule has 1 aromatic carbocycles. The van der Waals surface area contributed by atoms with Gasteiger partial charge in [0, 0.05) is 11.6 Å². The van der Waals surface area contributed by atoms with E-state index in [1.54, 1.807) is 18.2 Å². The van der Waals surface area contributed by atoms with Gasteiger partial charge in [-0.15, -0.1) is 0 Å². The van der Waals surface area contributed by atoms with Gasteiger partial charge in [-0.2, -0.15) is 0 Å². The fourth-order valence-electron chi connectivity index (χ4n) is 1.26. The van der Waals surface area contributed by atoms with Gasteiger partial charge in [0.05, 0.1) is 12.1 Å². The van der Waals surface area contributed by atoms with Gasteiger partial charge in [-0.05, 0) is 23.8 Å². The average molecular weight is 303 g/mol. The number of carboxylic acid groups (broad SMARTS) is 1. The fourth-order valence-corrected chi connectivity index (χ4v) is 1.37. The van der Waals surface area contributed by atoms with Gasteiger partial charge in [-0.3, -0.25) is 0 Å². The number of rotatable bonds is 6. The van der Waals surface area contributed by atoms with E-state index in [9.17, 15) is 4.79 Å². The topological polar surface area (TPSA) is 55.8 Å². The van der Waals surface area contributed by atoms with E-state index in [1.807, 2.05) is 0 Å². The molecule has 0 unspecified atom stereocenters. The van der Waals surface area contributed by atoms with Crippen molar-refractivity contribution in [3.05, 3.63) is 40.4 Å². The van der Waals surface area contributed by atoms with Crippen molar-refractivity contribution in [1.29, 1.82) is 0 Å². The SMILES string of the molecule is COc1ccc(C=CC(=O)O)cc1OCC(Cl)=CCl. The lowest BCUT2D eigenvalue weighted by Gasteiger charge is -2.10. The van der Waals surface area contributed by atoms with E-state index >= 15 is 0 Å². The van der Waals surface area contributed by atoms with E-state index in [-0.39, 0.29) is 6.61 Å². The summed E-state index contributed by atoms with van der Waals surface area (Å²) in [5.74, 6) is -0.0513. The molecule has 19 heavy (non-hydrogen) atoms. The van der Waals surface area contributed by atoms with Gasteiger partial charge in [0.25, 0.3) is 0 Å². The summed E-state index contributed by atoms with van der Waals surface area (Å²) in [6, 6.07) is 5.04. The first-order valence-electron chi connectivity index (χ1n) is 5.23. The lowest BCUT2D eigenvalue weighted by atomic mass is 10.2. The van der Waals surface area contributed by atoms with Gasteiger partial charge < -0.3 is 14.6 Å². The molecule has 0 spiro atoms. The van der Waals surface area contributed by atoms with Crippen LogP contribution in [-0.2, 0) is 4.79 Å². The zero-order valence-corrected chi connectivity index (χ0v) is 11.6. The molecule has 102 valence electrons. The molecule has 0 aliphatic carbocycles. The Hall–Kier alpha value is -1.65. The molecule has 4 nitrogen and oxygen atoms in total. The third-order valence-electron chi connectivity index (χ3n) is 2.09. The van der Waals surface area contributed by atoms with Gasteiger partial charge in [-0.25, -0.2) is 4.79 Å². The minimum absolute atomic E-state index is 0.105. The molecule has 0 amide bonds. The summed E-state index contributed by atoms with van der Waals surface area (Å²) < 4.78 is 10.6. The molecule has 1 aromatic rings. The normalized spacial score (nSPS) is 11.6. The van der Waals surface area contributed by atoms with Crippen molar-refractivity contribution in [2.24, 2.45) is 0 Å². The number of ether oxygens (including phenoxy) is 2. The fraction of sp³-hybridized carbons (Fsp3) is 0.154. The van der Waals surface area contributed by atoms with Crippen LogP contribution < -0.4 is 9.47 Å². The molecular formula is C13H12Cl2O4. The van der Waals surface area contributed by atoms with Crippen LogP contribution in [-0.4, -0.2) is 24.8 Å². The highest BCUT2D eigenvalue weighted by molar-refractivity contribution is 6.36. The summed E-state index contributed by atoms with van der Waals surface area (Å²) in [5.41, 5.74) is 1.88. The van der Waals surface area contributed by atoms with E-state index < -0.39 is 5.97 Å². The zero-order chi connectivity index (χ0) is 14.3. The smallest absolute Gasteiger partial charge is 0.328 e. The highest BCUT2D eigenvalue weighted by Crippen LogP contribution is 2.29. The van der Waals surface area contributed by atoms with Crippen LogP contribution in [0.4, 0.5) is 0 Å². The summed E-state index contributed by atoms with van der Waals surface area (Å²) in [6.45, 7) is 0.105. The molecule has 0 heterocycles. The van der Waals surface area contributed by atoms with Crippen molar-refractivity contribution >= 4 is 35.2 Å². The number of benzene rings is 1. The molecule has 0 saturated heterocycles. The van der Waals surface area contributed by atoms with E-state index in [2.05, 4.69) is 0 Å². The number of carbonyl (C=O) groups is 1. The summed E-state index contributed by atoms with van der Waals surface area (Å²) in [4.78, 5) is 10.5. The first kappa shape index (κ1) is 15.4. The van der Waals surface area contributed by atoms with Crippen LogP contribution in [0, 0.1) is 0 Å². The first-order chi connectivity index (χ1) is 9.06. The minimum atomic E-state index is -1.02. The first-order valence-corrected chi connectivity index (χ1v) is 6.05. The Balaban J connectivity index is 2.92. The van der Waals surface area contributed by atoms with Gasteiger partial charge in [0.2, 0.25) is 0 Å². The minimum Gasteiger partial charge on any atom is -0.493 e. The molecule has 0 atom stereocenters. The summed E-state index contributed by atoms with van der Waals surface area (Å²) in [5, 5.41) is 8.91. The van der Waals surface area contributed by atoms with E-state index in [1.165, 1.54) is 18.7 Å². The van der Waals surface area contributed by atoms with Crippen molar-refractivity contribution < 1.29 is 19.4 Å². The predicted octanol–water partition coefficient (Wildman–Crippen LogP) is 3.49. The van der Waals surface area contributed by atoms with Crippen molar-refractivity contribution in [2.75, 3.05) is 13.7 Å². The molecule has 0 aromatic heterocycles. The van der Waals surface area contributed by atoms with Gasteiger partial charge >= 0.3 is 5.97 Å². The molecule has 1 rings (SSSR count). The molecule has 6 heteroatoms. The molecule has 1 N–H and O–H groups in total. The second-order valence-electron chi connectivity index (χ2n) is 3.43. The van der Waals surface area contributed by atoms with E-state index in [0.717, 1.165) is 6.08 Å². The predicted molar refractivity (Wildman–Crippen MR) is 74.9 cm³/mol. The molecule has 0 bridgehead atoms.